The number of ketones is 1. The molecule has 2 nitrogen and oxygen atoms in total. The fourth-order valence-corrected chi connectivity index (χ4v) is 3.47. The molecule has 0 bridgehead atoms. The predicted octanol–water partition coefficient (Wildman–Crippen LogP) is 2.57. The number of hydrogen-bond acceptors (Lipinski definition) is 2. The third-order valence-electron chi connectivity index (χ3n) is 4.72. The minimum atomic E-state index is -1.18. The molecule has 0 amide bonds. The van der Waals surface area contributed by atoms with E-state index in [2.05, 4.69) is 11.8 Å². The molecule has 3 rings (SSSR count). The smallest absolute Gasteiger partial charge is 0.159 e. The van der Waals surface area contributed by atoms with E-state index in [1.807, 2.05) is 44.2 Å². The summed E-state index contributed by atoms with van der Waals surface area (Å²) in [5.74, 6) is 6.00. The molecular formula is C18H18O2. The molecular weight excluding hydrogens is 248 g/mol. The molecule has 2 heteroatoms. The third kappa shape index (κ3) is 1.74. The van der Waals surface area contributed by atoms with Crippen LogP contribution in [0.25, 0.3) is 0 Å². The summed E-state index contributed by atoms with van der Waals surface area (Å²) in [6.45, 7) is 5.85. The number of allylic oxidation sites excluding steroid dienone is 1. The van der Waals surface area contributed by atoms with Gasteiger partial charge in [-0.15, -0.1) is 0 Å². The van der Waals surface area contributed by atoms with Gasteiger partial charge < -0.3 is 5.11 Å². The van der Waals surface area contributed by atoms with E-state index in [9.17, 15) is 9.90 Å². The Morgan fingerprint density at radius 1 is 1.20 bits per heavy atom. The van der Waals surface area contributed by atoms with Gasteiger partial charge in [0.15, 0.2) is 11.4 Å². The lowest BCUT2D eigenvalue weighted by Crippen LogP contribution is -2.36. The highest BCUT2D eigenvalue weighted by Crippen LogP contribution is 2.66. The first-order valence-corrected chi connectivity index (χ1v) is 6.90. The summed E-state index contributed by atoms with van der Waals surface area (Å²) in [6, 6.07) is 9.61. The molecule has 1 fully saturated rings. The van der Waals surface area contributed by atoms with Crippen LogP contribution in [0.5, 0.6) is 0 Å². The Balaban J connectivity index is 2.01. The first kappa shape index (κ1) is 13.1. The molecule has 20 heavy (non-hydrogen) atoms. The van der Waals surface area contributed by atoms with Crippen LogP contribution in [0.15, 0.2) is 42.0 Å². The molecule has 0 saturated heterocycles. The van der Waals surface area contributed by atoms with Gasteiger partial charge in [-0.05, 0) is 36.1 Å². The summed E-state index contributed by atoms with van der Waals surface area (Å²) in [5, 5.41) is 11.0. The molecule has 2 aliphatic rings. The summed E-state index contributed by atoms with van der Waals surface area (Å²) in [5.41, 5.74) is 0.182. The van der Waals surface area contributed by atoms with Crippen molar-refractivity contribution in [1.82, 2.24) is 0 Å². The van der Waals surface area contributed by atoms with E-state index >= 15 is 0 Å². The number of aliphatic hydroxyl groups is 1. The first-order chi connectivity index (χ1) is 9.37. The molecule has 1 N–H and O–H groups in total. The maximum atomic E-state index is 12.0. The minimum absolute atomic E-state index is 0.0938. The summed E-state index contributed by atoms with van der Waals surface area (Å²) < 4.78 is 0. The van der Waals surface area contributed by atoms with Crippen LogP contribution < -0.4 is 0 Å². The van der Waals surface area contributed by atoms with E-state index in [0.717, 1.165) is 5.56 Å². The van der Waals surface area contributed by atoms with Crippen molar-refractivity contribution in [2.24, 2.45) is 17.3 Å². The van der Waals surface area contributed by atoms with Crippen molar-refractivity contribution >= 4 is 5.78 Å². The SMILES string of the molecule is CC1=CC(=O)[C@@H]2[C@@H](C2(C)C)[C@]1(O)C#Cc1ccccc1. The van der Waals surface area contributed by atoms with Gasteiger partial charge in [-0.3, -0.25) is 4.79 Å². The quantitative estimate of drug-likeness (QED) is 0.733. The molecule has 0 aliphatic heterocycles. The number of carbonyl (C=O) groups excluding carboxylic acids is 1. The minimum Gasteiger partial charge on any atom is -0.373 e. The van der Waals surface area contributed by atoms with Crippen LogP contribution in [0.3, 0.4) is 0 Å². The van der Waals surface area contributed by atoms with Gasteiger partial charge in [0.1, 0.15) is 0 Å². The Morgan fingerprint density at radius 3 is 2.50 bits per heavy atom. The average Bonchev–Trinajstić information content (AvgIpc) is 3.00. The van der Waals surface area contributed by atoms with Crippen LogP contribution in [0.1, 0.15) is 26.3 Å². The van der Waals surface area contributed by atoms with Gasteiger partial charge in [0.2, 0.25) is 0 Å². The lowest BCUT2D eigenvalue weighted by molar-refractivity contribution is -0.117. The number of benzene rings is 1. The van der Waals surface area contributed by atoms with Gasteiger partial charge in [0.25, 0.3) is 0 Å². The van der Waals surface area contributed by atoms with Crippen molar-refractivity contribution in [2.45, 2.75) is 26.4 Å². The molecule has 0 aromatic heterocycles. The monoisotopic (exact) mass is 266 g/mol. The van der Waals surface area contributed by atoms with Gasteiger partial charge in [-0.25, -0.2) is 0 Å². The highest BCUT2D eigenvalue weighted by molar-refractivity contribution is 5.98. The normalized spacial score (nSPS) is 33.6. The van der Waals surface area contributed by atoms with E-state index < -0.39 is 5.60 Å². The van der Waals surface area contributed by atoms with Crippen LogP contribution in [0.2, 0.25) is 0 Å². The van der Waals surface area contributed by atoms with E-state index in [1.54, 1.807) is 13.0 Å². The largest absolute Gasteiger partial charge is 0.373 e. The summed E-state index contributed by atoms with van der Waals surface area (Å²) >= 11 is 0. The van der Waals surface area contributed by atoms with Gasteiger partial charge in [0, 0.05) is 17.4 Å². The summed E-state index contributed by atoms with van der Waals surface area (Å²) in [4.78, 5) is 12.0. The maximum absolute atomic E-state index is 12.0. The highest BCUT2D eigenvalue weighted by atomic mass is 16.3. The van der Waals surface area contributed by atoms with E-state index in [0.29, 0.717) is 5.57 Å². The molecule has 0 heterocycles. The summed E-state index contributed by atoms with van der Waals surface area (Å²) in [7, 11) is 0. The van der Waals surface area contributed by atoms with E-state index in [-0.39, 0.29) is 23.0 Å². The Hall–Kier alpha value is -1.85. The van der Waals surface area contributed by atoms with Crippen LogP contribution in [0, 0.1) is 29.1 Å². The fourth-order valence-electron chi connectivity index (χ4n) is 3.47. The van der Waals surface area contributed by atoms with Gasteiger partial charge >= 0.3 is 0 Å². The number of carbonyl (C=O) groups is 1. The first-order valence-electron chi connectivity index (χ1n) is 6.90. The second kappa shape index (κ2) is 4.07. The zero-order valence-electron chi connectivity index (χ0n) is 12.0. The third-order valence-corrected chi connectivity index (χ3v) is 4.72. The molecule has 0 spiro atoms. The molecule has 1 saturated carbocycles. The summed E-state index contributed by atoms with van der Waals surface area (Å²) in [6.07, 6.45) is 1.57. The molecule has 3 atom stereocenters. The van der Waals surface area contributed by atoms with Crippen LogP contribution >= 0.6 is 0 Å². The van der Waals surface area contributed by atoms with Crippen LogP contribution in [0.4, 0.5) is 0 Å². The zero-order valence-corrected chi connectivity index (χ0v) is 12.0. The Labute approximate surface area is 119 Å². The predicted molar refractivity (Wildman–Crippen MR) is 77.8 cm³/mol. The van der Waals surface area contributed by atoms with Crippen molar-refractivity contribution in [3.05, 3.63) is 47.5 Å². The molecule has 2 aliphatic carbocycles. The highest BCUT2D eigenvalue weighted by Gasteiger charge is 2.70. The molecule has 0 unspecified atom stereocenters. The Bertz CT molecular complexity index is 658. The number of hydrogen-bond donors (Lipinski definition) is 1. The topological polar surface area (TPSA) is 37.3 Å². The van der Waals surface area contributed by atoms with Crippen LogP contribution in [-0.2, 0) is 4.79 Å². The Kier molecular flexibility index (Phi) is 2.68. The molecule has 1 aromatic carbocycles. The van der Waals surface area contributed by atoms with E-state index in [4.69, 9.17) is 0 Å². The van der Waals surface area contributed by atoms with Crippen LogP contribution in [-0.4, -0.2) is 16.5 Å². The van der Waals surface area contributed by atoms with Gasteiger partial charge in [0.05, 0.1) is 0 Å². The average molecular weight is 266 g/mol. The number of fused-ring (bicyclic) bond motifs is 1. The number of rotatable bonds is 0. The molecule has 1 aromatic rings. The Morgan fingerprint density at radius 2 is 1.85 bits per heavy atom. The van der Waals surface area contributed by atoms with Gasteiger partial charge in [-0.1, -0.05) is 43.9 Å². The molecule has 102 valence electrons. The van der Waals surface area contributed by atoms with E-state index in [1.165, 1.54) is 0 Å². The lowest BCUT2D eigenvalue weighted by atomic mass is 9.82. The van der Waals surface area contributed by atoms with Crippen molar-refractivity contribution < 1.29 is 9.90 Å². The standard InChI is InChI=1S/C18H18O2/c1-12-11-14(19)15-16(17(15,2)3)18(12,20)10-9-13-7-5-4-6-8-13/h4-8,11,15-16,20H,1-3H3/t15-,16+,18+/m1/s1. The second-order valence-corrected chi connectivity index (χ2v) is 6.39. The zero-order chi connectivity index (χ0) is 14.5. The fraction of sp³-hybridized carbons (Fsp3) is 0.389. The van der Waals surface area contributed by atoms with Crippen molar-refractivity contribution in [2.75, 3.05) is 0 Å². The van der Waals surface area contributed by atoms with Crippen molar-refractivity contribution in [1.29, 1.82) is 0 Å². The maximum Gasteiger partial charge on any atom is 0.159 e. The van der Waals surface area contributed by atoms with Crippen molar-refractivity contribution in [3.63, 3.8) is 0 Å². The lowest BCUT2D eigenvalue weighted by Gasteiger charge is -2.27. The molecule has 0 radical (unpaired) electrons. The second-order valence-electron chi connectivity index (χ2n) is 6.39. The van der Waals surface area contributed by atoms with Crippen molar-refractivity contribution in [3.8, 4) is 11.8 Å². The van der Waals surface area contributed by atoms with Gasteiger partial charge in [-0.2, -0.15) is 0 Å².